The van der Waals surface area contributed by atoms with E-state index in [1.54, 1.807) is 23.7 Å². The Hall–Kier alpha value is -3.10. The number of aromatic nitrogens is 2. The molecule has 1 fully saturated rings. The van der Waals surface area contributed by atoms with Gasteiger partial charge in [-0.3, -0.25) is 0 Å². The van der Waals surface area contributed by atoms with Gasteiger partial charge in [0.1, 0.15) is 5.82 Å². The molecule has 0 radical (unpaired) electrons. The molecule has 7 nitrogen and oxygen atoms in total. The summed E-state index contributed by atoms with van der Waals surface area (Å²) in [4.78, 5) is 26.1. The van der Waals surface area contributed by atoms with Crippen LogP contribution in [0.15, 0.2) is 60.7 Å². The summed E-state index contributed by atoms with van der Waals surface area (Å²) in [5.41, 5.74) is 3.75. The molecule has 1 saturated heterocycles. The zero-order valence-corrected chi connectivity index (χ0v) is 19.8. The number of carbonyl (C=O) groups excluding carboxylic acids is 1. The van der Waals surface area contributed by atoms with Crippen molar-refractivity contribution >= 4 is 29.3 Å². The Morgan fingerprint density at radius 2 is 1.82 bits per heavy atom. The Morgan fingerprint density at radius 3 is 2.52 bits per heavy atom. The third-order valence-corrected chi connectivity index (χ3v) is 5.98. The molecule has 2 heterocycles. The van der Waals surface area contributed by atoms with Crippen LogP contribution in [0.4, 0.5) is 16.3 Å². The minimum absolute atomic E-state index is 0.153. The number of urea groups is 1. The molecule has 1 aliphatic rings. The number of morpholine rings is 1. The number of rotatable bonds is 7. The monoisotopic (exact) mass is 463 g/mol. The van der Waals surface area contributed by atoms with Crippen LogP contribution in [0.5, 0.6) is 0 Å². The van der Waals surface area contributed by atoms with Gasteiger partial charge in [0.25, 0.3) is 0 Å². The van der Waals surface area contributed by atoms with Crippen LogP contribution in [0.3, 0.4) is 0 Å². The Bertz CT molecular complexity index is 1060. The van der Waals surface area contributed by atoms with E-state index in [1.165, 1.54) is 0 Å². The lowest BCUT2D eigenvalue weighted by molar-refractivity contribution is 0.122. The van der Waals surface area contributed by atoms with E-state index in [2.05, 4.69) is 22.5 Å². The summed E-state index contributed by atoms with van der Waals surface area (Å²) >= 11 is 1.74. The summed E-state index contributed by atoms with van der Waals surface area (Å²) in [5, 5.41) is 2.96. The highest BCUT2D eigenvalue weighted by Gasteiger charge is 2.16. The number of carbonyl (C=O) groups is 1. The van der Waals surface area contributed by atoms with E-state index in [4.69, 9.17) is 14.7 Å². The van der Waals surface area contributed by atoms with Gasteiger partial charge in [-0.05, 0) is 36.1 Å². The van der Waals surface area contributed by atoms with Crippen molar-refractivity contribution in [1.29, 1.82) is 0 Å². The number of thioether (sulfide) groups is 1. The molecule has 33 heavy (non-hydrogen) atoms. The minimum atomic E-state index is -0.153. The first-order valence-corrected chi connectivity index (χ1v) is 12.4. The van der Waals surface area contributed by atoms with Crippen LogP contribution in [-0.2, 0) is 17.0 Å². The van der Waals surface area contributed by atoms with Gasteiger partial charge in [-0.1, -0.05) is 30.3 Å². The molecule has 2 aromatic carbocycles. The number of nitrogens with zero attached hydrogens (tertiary/aromatic N) is 4. The van der Waals surface area contributed by atoms with Crippen LogP contribution < -0.4 is 10.2 Å². The van der Waals surface area contributed by atoms with Gasteiger partial charge in [0.2, 0.25) is 0 Å². The molecule has 8 heteroatoms. The van der Waals surface area contributed by atoms with E-state index in [1.807, 2.05) is 54.6 Å². The molecule has 0 spiro atoms. The maximum atomic E-state index is 12.6. The van der Waals surface area contributed by atoms with Crippen molar-refractivity contribution in [3.05, 3.63) is 71.9 Å². The third-order valence-electron chi connectivity index (χ3n) is 5.40. The van der Waals surface area contributed by atoms with Gasteiger partial charge >= 0.3 is 6.03 Å². The average Bonchev–Trinajstić information content (AvgIpc) is 2.85. The molecule has 0 unspecified atom stereocenters. The van der Waals surface area contributed by atoms with Gasteiger partial charge in [0, 0.05) is 49.8 Å². The summed E-state index contributed by atoms with van der Waals surface area (Å²) in [6, 6.07) is 19.5. The van der Waals surface area contributed by atoms with Crippen molar-refractivity contribution < 1.29 is 9.53 Å². The first kappa shape index (κ1) is 23.1. The second-order valence-electron chi connectivity index (χ2n) is 7.92. The van der Waals surface area contributed by atoms with Gasteiger partial charge in [-0.15, -0.1) is 0 Å². The molecular weight excluding hydrogens is 434 g/mol. The summed E-state index contributed by atoms with van der Waals surface area (Å²) < 4.78 is 5.48. The lowest BCUT2D eigenvalue weighted by atomic mass is 10.2. The molecule has 0 aliphatic carbocycles. The highest BCUT2D eigenvalue weighted by Crippen LogP contribution is 2.24. The molecule has 3 aromatic rings. The Kier molecular flexibility index (Phi) is 7.80. The van der Waals surface area contributed by atoms with E-state index in [-0.39, 0.29) is 6.03 Å². The van der Waals surface area contributed by atoms with Crippen molar-refractivity contribution in [1.82, 2.24) is 14.9 Å². The van der Waals surface area contributed by atoms with Crippen molar-refractivity contribution in [2.75, 3.05) is 49.8 Å². The zero-order valence-electron chi connectivity index (χ0n) is 19.0. The molecule has 1 aliphatic heterocycles. The zero-order chi connectivity index (χ0) is 23.0. The van der Waals surface area contributed by atoms with E-state index in [0.717, 1.165) is 47.2 Å². The predicted molar refractivity (Wildman–Crippen MR) is 135 cm³/mol. The van der Waals surface area contributed by atoms with Crippen LogP contribution >= 0.6 is 11.8 Å². The normalized spacial score (nSPS) is 13.6. The van der Waals surface area contributed by atoms with Crippen molar-refractivity contribution in [3.63, 3.8) is 0 Å². The fourth-order valence-electron chi connectivity index (χ4n) is 3.64. The van der Waals surface area contributed by atoms with Gasteiger partial charge in [-0.25, -0.2) is 14.8 Å². The SMILES string of the molecule is CSCc1cc(N2CCOCC2)nc(-c2ccc(NC(=O)N(C)Cc3ccccc3)cc2)n1. The lowest BCUT2D eigenvalue weighted by Gasteiger charge is -2.28. The standard InChI is InChI=1S/C25H29N5O2S/c1-29(17-19-6-4-3-5-7-19)25(31)27-21-10-8-20(9-11-21)24-26-22(18-33-2)16-23(28-24)30-12-14-32-15-13-30/h3-11,16H,12-15,17-18H2,1-2H3,(H,27,31). The quantitative estimate of drug-likeness (QED) is 0.556. The van der Waals surface area contributed by atoms with Crippen LogP contribution in [0.25, 0.3) is 11.4 Å². The van der Waals surface area contributed by atoms with Gasteiger partial charge < -0.3 is 19.9 Å². The summed E-state index contributed by atoms with van der Waals surface area (Å²) in [6.07, 6.45) is 2.07. The fourth-order valence-corrected chi connectivity index (χ4v) is 4.08. The lowest BCUT2D eigenvalue weighted by Crippen LogP contribution is -2.37. The van der Waals surface area contributed by atoms with E-state index < -0.39 is 0 Å². The number of benzene rings is 2. The Balaban J connectivity index is 1.46. The number of hydrogen-bond acceptors (Lipinski definition) is 6. The van der Waals surface area contributed by atoms with Gasteiger partial charge in [-0.2, -0.15) is 11.8 Å². The second-order valence-corrected chi connectivity index (χ2v) is 8.79. The van der Waals surface area contributed by atoms with Crippen molar-refractivity contribution in [2.24, 2.45) is 0 Å². The van der Waals surface area contributed by atoms with Crippen LogP contribution in [0.1, 0.15) is 11.3 Å². The molecule has 1 aromatic heterocycles. The molecule has 0 atom stereocenters. The number of ether oxygens (including phenoxy) is 1. The van der Waals surface area contributed by atoms with E-state index >= 15 is 0 Å². The molecule has 1 N–H and O–H groups in total. The summed E-state index contributed by atoms with van der Waals surface area (Å²) in [5.74, 6) is 2.46. The number of nitrogens with one attached hydrogen (secondary N) is 1. The van der Waals surface area contributed by atoms with Crippen molar-refractivity contribution in [2.45, 2.75) is 12.3 Å². The van der Waals surface area contributed by atoms with Crippen molar-refractivity contribution in [3.8, 4) is 11.4 Å². The van der Waals surface area contributed by atoms with Crippen LogP contribution in [-0.4, -0.2) is 60.5 Å². The largest absolute Gasteiger partial charge is 0.378 e. The molecule has 172 valence electrons. The van der Waals surface area contributed by atoms with E-state index in [0.29, 0.717) is 25.6 Å². The Morgan fingerprint density at radius 1 is 1.09 bits per heavy atom. The minimum Gasteiger partial charge on any atom is -0.378 e. The molecule has 0 bridgehead atoms. The highest BCUT2D eigenvalue weighted by molar-refractivity contribution is 7.97. The third kappa shape index (κ3) is 6.24. The fraction of sp³-hybridized carbons (Fsp3) is 0.320. The second kappa shape index (κ2) is 11.2. The number of amides is 2. The average molecular weight is 464 g/mol. The maximum absolute atomic E-state index is 12.6. The molecule has 2 amide bonds. The molecule has 4 rings (SSSR count). The number of hydrogen-bond donors (Lipinski definition) is 1. The Labute approximate surface area is 199 Å². The van der Waals surface area contributed by atoms with Gasteiger partial charge in [0.05, 0.1) is 18.9 Å². The topological polar surface area (TPSA) is 70.6 Å². The van der Waals surface area contributed by atoms with Crippen LogP contribution in [0.2, 0.25) is 0 Å². The predicted octanol–water partition coefficient (Wildman–Crippen LogP) is 4.51. The first-order chi connectivity index (χ1) is 16.1. The highest BCUT2D eigenvalue weighted by atomic mass is 32.2. The summed E-state index contributed by atoms with van der Waals surface area (Å²) in [7, 11) is 1.79. The first-order valence-electron chi connectivity index (χ1n) is 11.0. The maximum Gasteiger partial charge on any atom is 0.321 e. The molecule has 0 saturated carbocycles. The summed E-state index contributed by atoms with van der Waals surface area (Å²) in [6.45, 7) is 3.63. The smallest absolute Gasteiger partial charge is 0.321 e. The molecular formula is C25H29N5O2S. The van der Waals surface area contributed by atoms with Gasteiger partial charge in [0.15, 0.2) is 5.82 Å². The number of anilines is 2. The van der Waals surface area contributed by atoms with E-state index in [9.17, 15) is 4.79 Å². The van der Waals surface area contributed by atoms with Crippen LogP contribution in [0, 0.1) is 0 Å².